The van der Waals surface area contributed by atoms with Gasteiger partial charge in [0.2, 0.25) is 0 Å². The first kappa shape index (κ1) is 6.09. The van der Waals surface area contributed by atoms with Crippen molar-refractivity contribution < 1.29 is 0 Å². The second-order valence-corrected chi connectivity index (χ2v) is 2.25. The smallest absolute Gasteiger partial charge is 0.263 e. The van der Waals surface area contributed by atoms with Crippen LogP contribution in [-0.4, -0.2) is 19.8 Å². The molecule has 2 aromatic heterocycles. The molecule has 0 saturated carbocycles. The third kappa shape index (κ3) is 0.813. The lowest BCUT2D eigenvalue weighted by atomic mass is 10.5. The lowest BCUT2D eigenvalue weighted by molar-refractivity contribution is 0.853. The summed E-state index contributed by atoms with van der Waals surface area (Å²) in [5.74, 6) is 0.678. The molecule has 0 amide bonds. The lowest BCUT2D eigenvalue weighted by Gasteiger charge is -1.90. The maximum absolute atomic E-state index is 10.8. The van der Waals surface area contributed by atoms with E-state index in [9.17, 15) is 4.79 Å². The van der Waals surface area contributed by atoms with Crippen LogP contribution in [-0.2, 0) is 0 Å². The van der Waals surface area contributed by atoms with Crippen molar-refractivity contribution in [3.8, 4) is 0 Å². The first-order chi connectivity index (χ1) is 5.27. The second-order valence-electron chi connectivity index (χ2n) is 2.25. The Kier molecular flexibility index (Phi) is 1.06. The first-order valence-electron chi connectivity index (χ1n) is 3.18. The van der Waals surface area contributed by atoms with Crippen LogP contribution >= 0.6 is 0 Å². The molecule has 0 fully saturated rings. The van der Waals surface area contributed by atoms with Crippen LogP contribution in [0.25, 0.3) is 5.65 Å². The molecule has 0 aliphatic heterocycles. The Hall–Kier alpha value is -1.65. The predicted molar refractivity (Wildman–Crippen MR) is 38.3 cm³/mol. The van der Waals surface area contributed by atoms with Crippen molar-refractivity contribution in [2.75, 3.05) is 0 Å². The van der Waals surface area contributed by atoms with E-state index in [1.54, 1.807) is 17.5 Å². The molecule has 2 heterocycles. The molecule has 0 unspecified atom stereocenters. The van der Waals surface area contributed by atoms with Crippen molar-refractivity contribution in [1.29, 1.82) is 0 Å². The Balaban J connectivity index is 2.98. The van der Waals surface area contributed by atoms with E-state index in [1.807, 2.05) is 0 Å². The van der Waals surface area contributed by atoms with Crippen molar-refractivity contribution in [3.05, 3.63) is 28.3 Å². The quantitative estimate of drug-likeness (QED) is 0.562. The highest BCUT2D eigenvalue weighted by Gasteiger charge is 1.98. The fraction of sp³-hybridized carbons (Fsp3) is 0.167. The van der Waals surface area contributed by atoms with E-state index in [0.717, 1.165) is 0 Å². The van der Waals surface area contributed by atoms with Crippen LogP contribution in [0.1, 0.15) is 5.82 Å². The van der Waals surface area contributed by atoms with Crippen molar-refractivity contribution in [3.63, 3.8) is 0 Å². The average Bonchev–Trinajstić information content (AvgIpc) is 2.33. The number of rotatable bonds is 0. The summed E-state index contributed by atoms with van der Waals surface area (Å²) in [5.41, 5.74) is 0.502. The molecule has 2 rings (SSSR count). The van der Waals surface area contributed by atoms with E-state index in [0.29, 0.717) is 11.5 Å². The number of hydrogen-bond donors (Lipinski definition) is 1. The van der Waals surface area contributed by atoms with Gasteiger partial charge in [0, 0.05) is 6.07 Å². The summed E-state index contributed by atoms with van der Waals surface area (Å²) in [6.07, 6.45) is 0. The molecule has 1 N–H and O–H groups in total. The molecule has 0 saturated heterocycles. The van der Waals surface area contributed by atoms with Gasteiger partial charge in [0.05, 0.1) is 0 Å². The molecule has 0 aliphatic rings. The summed E-state index contributed by atoms with van der Waals surface area (Å²) < 4.78 is 1.54. The predicted octanol–water partition coefficient (Wildman–Crippen LogP) is -0.274. The molecule has 5 nitrogen and oxygen atoms in total. The van der Waals surface area contributed by atoms with Gasteiger partial charge in [0.1, 0.15) is 5.82 Å². The van der Waals surface area contributed by atoms with Crippen LogP contribution in [0.2, 0.25) is 0 Å². The average molecular weight is 150 g/mol. The molecular formula is C6H6N4O. The van der Waals surface area contributed by atoms with Crippen LogP contribution in [0.4, 0.5) is 0 Å². The Morgan fingerprint density at radius 1 is 1.45 bits per heavy atom. The van der Waals surface area contributed by atoms with Gasteiger partial charge in [-0.15, -0.1) is 10.2 Å². The Morgan fingerprint density at radius 3 is 3.09 bits per heavy atom. The maximum Gasteiger partial charge on any atom is 0.263 e. The van der Waals surface area contributed by atoms with E-state index >= 15 is 0 Å². The Bertz CT molecular complexity index is 441. The normalized spacial score (nSPS) is 10.6. The molecule has 56 valence electrons. The van der Waals surface area contributed by atoms with Crippen LogP contribution < -0.4 is 5.56 Å². The number of hydrogen-bond acceptors (Lipinski definition) is 3. The minimum Gasteiger partial charge on any atom is -0.268 e. The standard InChI is InChI=1S/C6H6N4O/c1-4-7-8-5-2-3-6(11)9-10(4)5/h2-3H,1H3,(H,9,11). The molecule has 0 aliphatic carbocycles. The molecule has 0 radical (unpaired) electrons. The van der Waals surface area contributed by atoms with E-state index in [4.69, 9.17) is 0 Å². The monoisotopic (exact) mass is 150 g/mol. The van der Waals surface area contributed by atoms with E-state index in [-0.39, 0.29) is 5.56 Å². The molecular weight excluding hydrogens is 144 g/mol. The molecule has 0 spiro atoms. The third-order valence-corrected chi connectivity index (χ3v) is 1.46. The fourth-order valence-corrected chi connectivity index (χ4v) is 0.923. The van der Waals surface area contributed by atoms with Gasteiger partial charge in [0.15, 0.2) is 5.65 Å². The van der Waals surface area contributed by atoms with Crippen molar-refractivity contribution in [1.82, 2.24) is 19.8 Å². The molecule has 0 bridgehead atoms. The number of aryl methyl sites for hydroxylation is 1. The van der Waals surface area contributed by atoms with Crippen LogP contribution in [0.3, 0.4) is 0 Å². The summed E-state index contributed by atoms with van der Waals surface area (Å²) in [6.45, 7) is 1.77. The number of nitrogens with one attached hydrogen (secondary N) is 1. The number of nitrogens with zero attached hydrogens (tertiary/aromatic N) is 3. The van der Waals surface area contributed by atoms with Crippen LogP contribution in [0.15, 0.2) is 16.9 Å². The zero-order valence-corrected chi connectivity index (χ0v) is 5.90. The van der Waals surface area contributed by atoms with Crippen LogP contribution in [0.5, 0.6) is 0 Å². The summed E-state index contributed by atoms with van der Waals surface area (Å²) in [7, 11) is 0. The minimum atomic E-state index is -0.152. The molecule has 0 atom stereocenters. The maximum atomic E-state index is 10.8. The van der Waals surface area contributed by atoms with Gasteiger partial charge in [-0.2, -0.15) is 0 Å². The third-order valence-electron chi connectivity index (χ3n) is 1.46. The molecule has 2 aromatic rings. The number of aromatic amines is 1. The SMILES string of the molecule is Cc1nnc2ccc(=O)[nH]n12. The van der Waals surface area contributed by atoms with Crippen molar-refractivity contribution in [2.24, 2.45) is 0 Å². The zero-order chi connectivity index (χ0) is 7.84. The van der Waals surface area contributed by atoms with Gasteiger partial charge >= 0.3 is 0 Å². The van der Waals surface area contributed by atoms with Gasteiger partial charge in [-0.05, 0) is 13.0 Å². The highest BCUT2D eigenvalue weighted by Crippen LogP contribution is 1.94. The van der Waals surface area contributed by atoms with Crippen molar-refractivity contribution >= 4 is 5.65 Å². The number of aromatic nitrogens is 4. The van der Waals surface area contributed by atoms with Gasteiger partial charge in [0.25, 0.3) is 5.56 Å². The number of H-pyrrole nitrogens is 1. The second kappa shape index (κ2) is 1.91. The summed E-state index contributed by atoms with van der Waals surface area (Å²) in [4.78, 5) is 10.8. The van der Waals surface area contributed by atoms with Gasteiger partial charge < -0.3 is 0 Å². The van der Waals surface area contributed by atoms with Gasteiger partial charge in [-0.3, -0.25) is 9.89 Å². The number of fused-ring (bicyclic) bond motifs is 1. The van der Waals surface area contributed by atoms with Gasteiger partial charge in [-0.25, -0.2) is 4.52 Å². The molecule has 5 heteroatoms. The summed E-state index contributed by atoms with van der Waals surface area (Å²) in [5, 5.41) is 10.2. The topological polar surface area (TPSA) is 63.0 Å². The summed E-state index contributed by atoms with van der Waals surface area (Å²) in [6, 6.07) is 3.04. The van der Waals surface area contributed by atoms with E-state index in [2.05, 4.69) is 15.3 Å². The first-order valence-corrected chi connectivity index (χ1v) is 3.18. The summed E-state index contributed by atoms with van der Waals surface area (Å²) >= 11 is 0. The molecule has 0 aromatic carbocycles. The Morgan fingerprint density at radius 2 is 2.27 bits per heavy atom. The van der Waals surface area contributed by atoms with Crippen LogP contribution in [0, 0.1) is 6.92 Å². The minimum absolute atomic E-state index is 0.152. The molecule has 11 heavy (non-hydrogen) atoms. The van der Waals surface area contributed by atoms with Gasteiger partial charge in [-0.1, -0.05) is 0 Å². The fourth-order valence-electron chi connectivity index (χ4n) is 0.923. The van der Waals surface area contributed by atoms with Crippen molar-refractivity contribution in [2.45, 2.75) is 6.92 Å². The zero-order valence-electron chi connectivity index (χ0n) is 5.90. The largest absolute Gasteiger partial charge is 0.268 e. The lowest BCUT2D eigenvalue weighted by Crippen LogP contribution is -2.09. The highest BCUT2D eigenvalue weighted by molar-refractivity contribution is 5.34. The van der Waals surface area contributed by atoms with E-state index < -0.39 is 0 Å². The van der Waals surface area contributed by atoms with E-state index in [1.165, 1.54) is 6.07 Å². The Labute approximate surface area is 61.7 Å². The highest BCUT2D eigenvalue weighted by atomic mass is 16.1.